The highest BCUT2D eigenvalue weighted by Gasteiger charge is 2.27. The van der Waals surface area contributed by atoms with E-state index in [2.05, 4.69) is 9.72 Å². The average molecular weight is 251 g/mol. The first kappa shape index (κ1) is 14.0. The van der Waals surface area contributed by atoms with Crippen LogP contribution in [0.15, 0.2) is 12.4 Å². The largest absolute Gasteiger partial charge is 0.411 e. The van der Waals surface area contributed by atoms with Gasteiger partial charge in [0.15, 0.2) is 0 Å². The highest BCUT2D eigenvalue weighted by atomic mass is 19.4. The molecular weight excluding hydrogens is 235 g/mol. The van der Waals surface area contributed by atoms with Gasteiger partial charge >= 0.3 is 6.18 Å². The molecule has 17 heavy (non-hydrogen) atoms. The summed E-state index contributed by atoms with van der Waals surface area (Å²) in [6.07, 6.45) is 0.371. The molecule has 7 heteroatoms. The van der Waals surface area contributed by atoms with E-state index in [9.17, 15) is 13.2 Å². The molecular formula is C10H16F3N3O. The maximum Gasteiger partial charge on any atom is 0.411 e. The number of nitrogens with two attached hydrogens (primary N) is 1. The molecule has 0 aromatic carbocycles. The van der Waals surface area contributed by atoms with Crippen molar-refractivity contribution in [3.63, 3.8) is 0 Å². The van der Waals surface area contributed by atoms with Crippen molar-refractivity contribution >= 4 is 0 Å². The Balaban J connectivity index is 2.20. The Hall–Kier alpha value is -1.08. The van der Waals surface area contributed by atoms with E-state index in [1.165, 1.54) is 0 Å². The molecule has 0 radical (unpaired) electrons. The summed E-state index contributed by atoms with van der Waals surface area (Å²) < 4.78 is 41.7. The van der Waals surface area contributed by atoms with Crippen LogP contribution in [-0.4, -0.2) is 35.5 Å². The zero-order valence-electron chi connectivity index (χ0n) is 9.41. The third-order valence-electron chi connectivity index (χ3n) is 2.12. The lowest BCUT2D eigenvalue weighted by atomic mass is 10.4. The molecule has 2 N–H and O–H groups in total. The molecule has 1 aromatic rings. The molecule has 0 saturated carbocycles. The van der Waals surface area contributed by atoms with E-state index >= 15 is 0 Å². The molecule has 0 amide bonds. The van der Waals surface area contributed by atoms with Gasteiger partial charge in [-0.05, 0) is 13.0 Å². The minimum Gasteiger partial charge on any atom is -0.372 e. The summed E-state index contributed by atoms with van der Waals surface area (Å²) in [6, 6.07) is 0. The number of halogens is 3. The summed E-state index contributed by atoms with van der Waals surface area (Å²) in [7, 11) is 0. The van der Waals surface area contributed by atoms with Gasteiger partial charge in [-0.2, -0.15) is 13.2 Å². The Bertz CT molecular complexity index is 325. The Morgan fingerprint density at radius 3 is 2.82 bits per heavy atom. The highest BCUT2D eigenvalue weighted by Crippen LogP contribution is 2.14. The van der Waals surface area contributed by atoms with Crippen molar-refractivity contribution in [2.75, 3.05) is 19.8 Å². The summed E-state index contributed by atoms with van der Waals surface area (Å²) >= 11 is 0. The molecule has 1 aromatic heterocycles. The quantitative estimate of drug-likeness (QED) is 0.744. The number of aryl methyl sites for hydroxylation is 1. The van der Waals surface area contributed by atoms with Gasteiger partial charge in [0.05, 0.1) is 0 Å². The van der Waals surface area contributed by atoms with Crippen molar-refractivity contribution in [1.29, 1.82) is 0 Å². The average Bonchev–Trinajstić information content (AvgIpc) is 2.64. The van der Waals surface area contributed by atoms with E-state index in [1.54, 1.807) is 12.4 Å². The molecule has 1 rings (SSSR count). The highest BCUT2D eigenvalue weighted by molar-refractivity contribution is 4.92. The van der Waals surface area contributed by atoms with Crippen molar-refractivity contribution in [3.8, 4) is 0 Å². The second-order valence-electron chi connectivity index (χ2n) is 3.60. The number of nitrogens with zero attached hydrogens (tertiary/aromatic N) is 2. The first-order chi connectivity index (χ1) is 8.03. The fourth-order valence-corrected chi connectivity index (χ4v) is 1.43. The van der Waals surface area contributed by atoms with Crippen LogP contribution in [0.2, 0.25) is 0 Å². The van der Waals surface area contributed by atoms with E-state index in [0.717, 1.165) is 5.82 Å². The first-order valence-corrected chi connectivity index (χ1v) is 5.37. The predicted octanol–water partition coefficient (Wildman–Crippen LogP) is 1.35. The van der Waals surface area contributed by atoms with Crippen molar-refractivity contribution in [1.82, 2.24) is 9.55 Å². The number of hydrogen-bond donors (Lipinski definition) is 1. The van der Waals surface area contributed by atoms with E-state index in [0.29, 0.717) is 25.9 Å². The summed E-state index contributed by atoms with van der Waals surface area (Å²) in [6.45, 7) is -0.0128. The topological polar surface area (TPSA) is 53.1 Å². The molecule has 0 aliphatic rings. The third-order valence-corrected chi connectivity index (χ3v) is 2.12. The standard InChI is InChI=1S/C10H16F3N3O/c11-10(12,13)8-17-7-1-5-16-6-4-15-9(16)2-3-14/h4,6H,1-3,5,7-8,14H2. The van der Waals surface area contributed by atoms with Gasteiger partial charge in [0, 0.05) is 32.0 Å². The molecule has 4 nitrogen and oxygen atoms in total. The summed E-state index contributed by atoms with van der Waals surface area (Å²) in [5.74, 6) is 0.850. The number of imidazole rings is 1. The molecule has 0 aliphatic heterocycles. The molecule has 0 unspecified atom stereocenters. The second kappa shape index (κ2) is 6.61. The van der Waals surface area contributed by atoms with Gasteiger partial charge in [0.2, 0.25) is 0 Å². The lowest BCUT2D eigenvalue weighted by Gasteiger charge is -2.09. The van der Waals surface area contributed by atoms with Crippen LogP contribution < -0.4 is 5.73 Å². The van der Waals surface area contributed by atoms with Gasteiger partial charge in [0.1, 0.15) is 12.4 Å². The maximum absolute atomic E-state index is 11.8. The van der Waals surface area contributed by atoms with Crippen LogP contribution in [0.3, 0.4) is 0 Å². The number of alkyl halides is 3. The van der Waals surface area contributed by atoms with Crippen molar-refractivity contribution < 1.29 is 17.9 Å². The lowest BCUT2D eigenvalue weighted by Crippen LogP contribution is -2.18. The molecule has 0 bridgehead atoms. The molecule has 98 valence electrons. The van der Waals surface area contributed by atoms with E-state index in [-0.39, 0.29) is 6.61 Å². The third kappa shape index (κ3) is 5.69. The summed E-state index contributed by atoms with van der Waals surface area (Å²) in [4.78, 5) is 4.11. The lowest BCUT2D eigenvalue weighted by molar-refractivity contribution is -0.174. The van der Waals surface area contributed by atoms with Crippen LogP contribution in [-0.2, 0) is 17.7 Å². The van der Waals surface area contributed by atoms with Gasteiger partial charge in [-0.3, -0.25) is 0 Å². The SMILES string of the molecule is NCCc1nccn1CCCOCC(F)(F)F. The maximum atomic E-state index is 11.8. The predicted molar refractivity (Wildman–Crippen MR) is 56.5 cm³/mol. The van der Waals surface area contributed by atoms with Crippen LogP contribution in [0.1, 0.15) is 12.2 Å². The van der Waals surface area contributed by atoms with Gasteiger partial charge in [-0.1, -0.05) is 0 Å². The van der Waals surface area contributed by atoms with E-state index in [1.807, 2.05) is 4.57 Å². The monoisotopic (exact) mass is 251 g/mol. The van der Waals surface area contributed by atoms with Gasteiger partial charge in [0.25, 0.3) is 0 Å². The normalized spacial score (nSPS) is 12.0. The molecule has 0 fully saturated rings. The minimum atomic E-state index is -4.25. The number of hydrogen-bond acceptors (Lipinski definition) is 3. The number of rotatable bonds is 7. The van der Waals surface area contributed by atoms with Crippen LogP contribution >= 0.6 is 0 Å². The van der Waals surface area contributed by atoms with Gasteiger partial charge < -0.3 is 15.0 Å². The van der Waals surface area contributed by atoms with Gasteiger partial charge in [-0.25, -0.2) is 4.98 Å². The first-order valence-electron chi connectivity index (χ1n) is 5.37. The van der Waals surface area contributed by atoms with E-state index in [4.69, 9.17) is 5.73 Å². The molecule has 0 atom stereocenters. The smallest absolute Gasteiger partial charge is 0.372 e. The Kier molecular flexibility index (Phi) is 5.43. The summed E-state index contributed by atoms with van der Waals surface area (Å²) in [5.41, 5.74) is 5.41. The van der Waals surface area contributed by atoms with Crippen molar-refractivity contribution in [3.05, 3.63) is 18.2 Å². The van der Waals surface area contributed by atoms with Crippen LogP contribution in [0.25, 0.3) is 0 Å². The Morgan fingerprint density at radius 1 is 1.41 bits per heavy atom. The summed E-state index contributed by atoms with van der Waals surface area (Å²) in [5, 5.41) is 0. The van der Waals surface area contributed by atoms with Gasteiger partial charge in [-0.15, -0.1) is 0 Å². The molecule has 0 saturated heterocycles. The second-order valence-corrected chi connectivity index (χ2v) is 3.60. The zero-order valence-corrected chi connectivity index (χ0v) is 9.41. The number of ether oxygens (including phenoxy) is 1. The van der Waals surface area contributed by atoms with Crippen LogP contribution in [0.5, 0.6) is 0 Å². The fourth-order valence-electron chi connectivity index (χ4n) is 1.43. The Morgan fingerprint density at radius 2 is 2.18 bits per heavy atom. The molecule has 1 heterocycles. The minimum absolute atomic E-state index is 0.0831. The number of aromatic nitrogens is 2. The van der Waals surface area contributed by atoms with E-state index < -0.39 is 12.8 Å². The van der Waals surface area contributed by atoms with Crippen molar-refractivity contribution in [2.45, 2.75) is 25.6 Å². The Labute approximate surface area is 97.6 Å². The molecule has 0 spiro atoms. The molecule has 0 aliphatic carbocycles. The van der Waals surface area contributed by atoms with Crippen LogP contribution in [0, 0.1) is 0 Å². The van der Waals surface area contributed by atoms with Crippen LogP contribution in [0.4, 0.5) is 13.2 Å². The van der Waals surface area contributed by atoms with Crippen molar-refractivity contribution in [2.24, 2.45) is 5.73 Å². The fraction of sp³-hybridized carbons (Fsp3) is 0.700. The zero-order chi connectivity index (χ0) is 12.7.